The van der Waals surface area contributed by atoms with Crippen molar-refractivity contribution < 1.29 is 17.6 Å². The molecule has 0 unspecified atom stereocenters. The van der Waals surface area contributed by atoms with E-state index in [1.807, 2.05) is 44.2 Å². The Labute approximate surface area is 205 Å². The zero-order chi connectivity index (χ0) is 24.9. The fourth-order valence-corrected chi connectivity index (χ4v) is 5.08. The molecule has 3 aromatic carbocycles. The summed E-state index contributed by atoms with van der Waals surface area (Å²) in [6, 6.07) is 14.2. The maximum absolute atomic E-state index is 14.8. The average Bonchev–Trinajstić information content (AvgIpc) is 2.88. The van der Waals surface area contributed by atoms with Gasteiger partial charge in [0.25, 0.3) is 0 Å². The Morgan fingerprint density at radius 3 is 2.11 bits per heavy atom. The van der Waals surface area contributed by atoms with E-state index in [4.69, 9.17) is 0 Å². The summed E-state index contributed by atoms with van der Waals surface area (Å²) >= 11 is 0. The average molecular weight is 481 g/mol. The molecule has 0 nitrogen and oxygen atoms in total. The van der Waals surface area contributed by atoms with Crippen LogP contribution in [-0.4, -0.2) is 0 Å². The molecule has 0 aliphatic heterocycles. The van der Waals surface area contributed by atoms with Gasteiger partial charge in [-0.25, -0.2) is 17.6 Å². The van der Waals surface area contributed by atoms with Crippen molar-refractivity contribution in [2.75, 3.05) is 0 Å². The van der Waals surface area contributed by atoms with E-state index in [0.29, 0.717) is 23.1 Å². The fourth-order valence-electron chi connectivity index (χ4n) is 5.08. The Kier molecular flexibility index (Phi) is 8.10. The molecule has 0 amide bonds. The number of halogens is 4. The number of aryl methyl sites for hydroxylation is 2. The van der Waals surface area contributed by atoms with E-state index >= 15 is 0 Å². The lowest BCUT2D eigenvalue weighted by atomic mass is 9.78. The van der Waals surface area contributed by atoms with Gasteiger partial charge in [0.15, 0.2) is 23.3 Å². The van der Waals surface area contributed by atoms with E-state index in [1.165, 1.54) is 0 Å². The molecule has 3 aromatic rings. The van der Waals surface area contributed by atoms with Crippen LogP contribution >= 0.6 is 0 Å². The SMILES string of the molecule is CCCc1ccc(C2CCC(C=Cc3ccc(-c4ccc(CC)cc4)c(F)c3F)CC2)c(F)c1F. The molecule has 0 spiro atoms. The number of hydrogen-bond acceptors (Lipinski definition) is 0. The summed E-state index contributed by atoms with van der Waals surface area (Å²) < 4.78 is 58.6. The molecule has 35 heavy (non-hydrogen) atoms. The first-order valence-corrected chi connectivity index (χ1v) is 12.6. The minimum Gasteiger partial charge on any atom is -0.203 e. The summed E-state index contributed by atoms with van der Waals surface area (Å²) in [6.07, 6.45) is 8.83. The molecule has 4 heteroatoms. The molecule has 0 N–H and O–H groups in total. The molecule has 0 radical (unpaired) electrons. The van der Waals surface area contributed by atoms with Crippen LogP contribution < -0.4 is 0 Å². The second-order valence-corrected chi connectivity index (χ2v) is 9.54. The lowest BCUT2D eigenvalue weighted by Crippen LogP contribution is -2.14. The molecule has 4 rings (SSSR count). The summed E-state index contributed by atoms with van der Waals surface area (Å²) in [6.45, 7) is 3.99. The topological polar surface area (TPSA) is 0 Å². The third kappa shape index (κ3) is 5.52. The Morgan fingerprint density at radius 2 is 1.46 bits per heavy atom. The number of benzene rings is 3. The minimum atomic E-state index is -0.850. The molecule has 1 fully saturated rings. The molecule has 0 bridgehead atoms. The van der Waals surface area contributed by atoms with Crippen LogP contribution in [0.5, 0.6) is 0 Å². The lowest BCUT2D eigenvalue weighted by molar-refractivity contribution is 0.364. The maximum Gasteiger partial charge on any atom is 0.167 e. The van der Waals surface area contributed by atoms with Crippen LogP contribution in [0.3, 0.4) is 0 Å². The van der Waals surface area contributed by atoms with E-state index in [-0.39, 0.29) is 23.0 Å². The summed E-state index contributed by atoms with van der Waals surface area (Å²) in [4.78, 5) is 0. The van der Waals surface area contributed by atoms with Crippen molar-refractivity contribution in [3.8, 4) is 11.1 Å². The third-order valence-corrected chi connectivity index (χ3v) is 7.26. The highest BCUT2D eigenvalue weighted by atomic mass is 19.2. The quantitative estimate of drug-likeness (QED) is 0.296. The number of hydrogen-bond donors (Lipinski definition) is 0. The molecule has 1 aliphatic carbocycles. The largest absolute Gasteiger partial charge is 0.203 e. The molecule has 1 aliphatic rings. The molecule has 0 heterocycles. The van der Waals surface area contributed by atoms with Crippen LogP contribution in [0.15, 0.2) is 54.6 Å². The van der Waals surface area contributed by atoms with Crippen LogP contribution in [-0.2, 0) is 12.8 Å². The predicted octanol–water partition coefficient (Wildman–Crippen LogP) is 9.41. The summed E-state index contributed by atoms with van der Waals surface area (Å²) in [5.74, 6) is -2.94. The highest BCUT2D eigenvalue weighted by Gasteiger charge is 2.25. The van der Waals surface area contributed by atoms with Gasteiger partial charge in [0.1, 0.15) is 0 Å². The number of allylic oxidation sites excluding steroid dienone is 1. The second-order valence-electron chi connectivity index (χ2n) is 9.54. The van der Waals surface area contributed by atoms with Gasteiger partial charge >= 0.3 is 0 Å². The molecular formula is C31H32F4. The van der Waals surface area contributed by atoms with E-state index < -0.39 is 23.3 Å². The van der Waals surface area contributed by atoms with E-state index in [0.717, 1.165) is 44.1 Å². The zero-order valence-corrected chi connectivity index (χ0v) is 20.4. The minimum absolute atomic E-state index is 0.0163. The van der Waals surface area contributed by atoms with Crippen molar-refractivity contribution in [2.24, 2.45) is 5.92 Å². The molecule has 1 saturated carbocycles. The molecule has 0 saturated heterocycles. The number of rotatable bonds is 7. The van der Waals surface area contributed by atoms with Gasteiger partial charge in [-0.1, -0.05) is 81.0 Å². The summed E-state index contributed by atoms with van der Waals surface area (Å²) in [7, 11) is 0. The summed E-state index contributed by atoms with van der Waals surface area (Å²) in [5.41, 5.74) is 3.16. The smallest absolute Gasteiger partial charge is 0.167 e. The highest BCUT2D eigenvalue weighted by molar-refractivity contribution is 5.67. The second kappa shape index (κ2) is 11.2. The monoisotopic (exact) mass is 480 g/mol. The van der Waals surface area contributed by atoms with Crippen molar-refractivity contribution in [1.29, 1.82) is 0 Å². The van der Waals surface area contributed by atoms with Crippen LogP contribution in [0.2, 0.25) is 0 Å². The Hall–Kier alpha value is -2.88. The van der Waals surface area contributed by atoms with E-state index in [9.17, 15) is 17.6 Å². The van der Waals surface area contributed by atoms with Crippen LogP contribution in [0.25, 0.3) is 17.2 Å². The van der Waals surface area contributed by atoms with Gasteiger partial charge in [-0.3, -0.25) is 0 Å². The van der Waals surface area contributed by atoms with Gasteiger partial charge < -0.3 is 0 Å². The van der Waals surface area contributed by atoms with Crippen LogP contribution in [0.1, 0.15) is 74.1 Å². The Balaban J connectivity index is 1.42. The van der Waals surface area contributed by atoms with Crippen molar-refractivity contribution in [1.82, 2.24) is 0 Å². The van der Waals surface area contributed by atoms with Crippen molar-refractivity contribution in [2.45, 2.75) is 64.7 Å². The Bertz CT molecular complexity index is 1190. The normalized spacial score (nSPS) is 18.3. The first kappa shape index (κ1) is 25.2. The van der Waals surface area contributed by atoms with Gasteiger partial charge in [0, 0.05) is 11.1 Å². The van der Waals surface area contributed by atoms with Gasteiger partial charge in [0.2, 0.25) is 0 Å². The zero-order valence-electron chi connectivity index (χ0n) is 20.4. The fraction of sp³-hybridized carbons (Fsp3) is 0.355. The van der Waals surface area contributed by atoms with Gasteiger partial charge in [-0.15, -0.1) is 0 Å². The van der Waals surface area contributed by atoms with Crippen molar-refractivity contribution >= 4 is 6.08 Å². The van der Waals surface area contributed by atoms with E-state index in [1.54, 1.807) is 30.3 Å². The maximum atomic E-state index is 14.8. The van der Waals surface area contributed by atoms with Gasteiger partial charge in [-0.2, -0.15) is 0 Å². The summed E-state index contributed by atoms with van der Waals surface area (Å²) in [5, 5.41) is 0. The van der Waals surface area contributed by atoms with Gasteiger partial charge in [-0.05, 0) is 72.6 Å². The molecule has 0 atom stereocenters. The van der Waals surface area contributed by atoms with Crippen LogP contribution in [0, 0.1) is 29.2 Å². The Morgan fingerprint density at radius 1 is 0.743 bits per heavy atom. The highest BCUT2D eigenvalue weighted by Crippen LogP contribution is 2.38. The predicted molar refractivity (Wildman–Crippen MR) is 135 cm³/mol. The third-order valence-electron chi connectivity index (χ3n) is 7.26. The first-order valence-electron chi connectivity index (χ1n) is 12.6. The first-order chi connectivity index (χ1) is 16.9. The molecular weight excluding hydrogens is 448 g/mol. The van der Waals surface area contributed by atoms with Gasteiger partial charge in [0.05, 0.1) is 0 Å². The lowest BCUT2D eigenvalue weighted by Gasteiger charge is -2.27. The van der Waals surface area contributed by atoms with Crippen LogP contribution in [0.4, 0.5) is 17.6 Å². The standard InChI is InChI=1S/C31H32F4/c1-3-5-24-16-18-26(30(34)28(24)32)23-13-8-21(9-14-23)10-15-25-17-19-27(31(35)29(25)33)22-11-6-20(4-2)7-12-22/h6-7,10-12,15-19,21,23H,3-5,8-9,13-14H2,1-2H3. The van der Waals surface area contributed by atoms with E-state index in [2.05, 4.69) is 0 Å². The van der Waals surface area contributed by atoms with Crippen molar-refractivity contribution in [3.63, 3.8) is 0 Å². The molecule has 184 valence electrons. The molecule has 0 aromatic heterocycles. The van der Waals surface area contributed by atoms with Crippen molar-refractivity contribution in [3.05, 3.63) is 100 Å².